The van der Waals surface area contributed by atoms with Gasteiger partial charge in [0, 0.05) is 19.6 Å². The highest BCUT2D eigenvalue weighted by Gasteiger charge is 2.43. The minimum atomic E-state index is 0.163. The number of benzene rings is 1. The second-order valence-electron chi connectivity index (χ2n) is 5.11. The molecule has 0 spiro atoms. The lowest BCUT2D eigenvalue weighted by Crippen LogP contribution is -2.61. The molecule has 0 bridgehead atoms. The molecule has 1 fully saturated rings. The molecule has 0 amide bonds. The minimum Gasteiger partial charge on any atom is -0.487 e. The molecule has 3 heteroatoms. The van der Waals surface area contributed by atoms with Gasteiger partial charge in [-0.1, -0.05) is 32.0 Å². The molecular weight excluding hydrogens is 238 g/mol. The molecule has 0 saturated heterocycles. The van der Waals surface area contributed by atoms with E-state index in [9.17, 15) is 0 Å². The van der Waals surface area contributed by atoms with E-state index in [1.807, 2.05) is 6.07 Å². The fourth-order valence-corrected chi connectivity index (χ4v) is 2.62. The first kappa shape index (κ1) is 14.4. The van der Waals surface area contributed by atoms with Crippen LogP contribution in [0.5, 0.6) is 5.75 Å². The van der Waals surface area contributed by atoms with Crippen molar-refractivity contribution in [3.05, 3.63) is 29.8 Å². The van der Waals surface area contributed by atoms with Gasteiger partial charge in [-0.25, -0.2) is 0 Å². The molecule has 19 heavy (non-hydrogen) atoms. The Morgan fingerprint density at radius 3 is 2.74 bits per heavy atom. The summed E-state index contributed by atoms with van der Waals surface area (Å²) in [5, 5.41) is 3.51. The Morgan fingerprint density at radius 1 is 1.26 bits per heavy atom. The number of para-hydroxylation sites is 1. The van der Waals surface area contributed by atoms with Gasteiger partial charge < -0.3 is 14.8 Å². The molecule has 0 radical (unpaired) electrons. The Kier molecular flexibility index (Phi) is 5.23. The van der Waals surface area contributed by atoms with Crippen LogP contribution in [0.1, 0.15) is 32.3 Å². The van der Waals surface area contributed by atoms with Crippen LogP contribution in [0, 0.1) is 0 Å². The molecule has 106 valence electrons. The predicted molar refractivity (Wildman–Crippen MR) is 77.7 cm³/mol. The van der Waals surface area contributed by atoms with Crippen molar-refractivity contribution in [1.29, 1.82) is 0 Å². The van der Waals surface area contributed by atoms with Gasteiger partial charge in [0.2, 0.25) is 0 Å². The van der Waals surface area contributed by atoms with Gasteiger partial charge in [0.25, 0.3) is 0 Å². The highest BCUT2D eigenvalue weighted by Crippen LogP contribution is 2.30. The zero-order chi connectivity index (χ0) is 13.7. The molecule has 3 unspecified atom stereocenters. The fourth-order valence-electron chi connectivity index (χ4n) is 2.62. The van der Waals surface area contributed by atoms with Gasteiger partial charge in [0.15, 0.2) is 0 Å². The van der Waals surface area contributed by atoms with Crippen LogP contribution in [0.4, 0.5) is 0 Å². The number of methoxy groups -OCH3 is 1. The molecule has 1 aliphatic rings. The van der Waals surface area contributed by atoms with Crippen molar-refractivity contribution in [3.8, 4) is 5.75 Å². The van der Waals surface area contributed by atoms with Crippen LogP contribution < -0.4 is 10.1 Å². The van der Waals surface area contributed by atoms with Crippen LogP contribution in [0.3, 0.4) is 0 Å². The second-order valence-corrected chi connectivity index (χ2v) is 5.11. The summed E-state index contributed by atoms with van der Waals surface area (Å²) >= 11 is 0. The van der Waals surface area contributed by atoms with E-state index >= 15 is 0 Å². The number of rotatable bonds is 7. The first-order valence-electron chi connectivity index (χ1n) is 7.30. The lowest BCUT2D eigenvalue weighted by Gasteiger charge is -2.43. The van der Waals surface area contributed by atoms with Crippen LogP contribution in [-0.2, 0) is 11.2 Å². The molecule has 3 atom stereocenters. The molecule has 1 aliphatic carbocycles. The van der Waals surface area contributed by atoms with Gasteiger partial charge in [-0.2, -0.15) is 0 Å². The molecular formula is C16H25NO2. The normalized spacial score (nSPS) is 25.9. The number of nitrogens with one attached hydrogen (secondary N) is 1. The lowest BCUT2D eigenvalue weighted by atomic mass is 9.85. The van der Waals surface area contributed by atoms with E-state index in [2.05, 4.69) is 37.4 Å². The Hall–Kier alpha value is -1.06. The summed E-state index contributed by atoms with van der Waals surface area (Å²) in [5.41, 5.74) is 1.27. The van der Waals surface area contributed by atoms with Crippen molar-refractivity contribution in [2.75, 3.05) is 13.7 Å². The standard InChI is InChI=1S/C16H25NO2/c1-4-10-17-13-11-15(16(13)18-3)19-14-9-7-6-8-12(14)5-2/h6-9,13,15-17H,4-5,10-11H2,1-3H3. The minimum absolute atomic E-state index is 0.163. The van der Waals surface area contributed by atoms with Gasteiger partial charge >= 0.3 is 0 Å². The average Bonchev–Trinajstić information content (AvgIpc) is 2.42. The number of ether oxygens (including phenoxy) is 2. The van der Waals surface area contributed by atoms with E-state index in [4.69, 9.17) is 9.47 Å². The molecule has 1 aromatic carbocycles. The number of hydrogen-bond acceptors (Lipinski definition) is 3. The smallest absolute Gasteiger partial charge is 0.128 e. The van der Waals surface area contributed by atoms with Crippen molar-refractivity contribution in [3.63, 3.8) is 0 Å². The van der Waals surface area contributed by atoms with Crippen LogP contribution in [0.15, 0.2) is 24.3 Å². The third-order valence-electron chi connectivity index (χ3n) is 3.81. The van der Waals surface area contributed by atoms with Crippen molar-refractivity contribution < 1.29 is 9.47 Å². The van der Waals surface area contributed by atoms with Crippen molar-refractivity contribution >= 4 is 0 Å². The molecule has 0 aliphatic heterocycles. The maximum absolute atomic E-state index is 6.12. The largest absolute Gasteiger partial charge is 0.487 e. The molecule has 1 aromatic rings. The summed E-state index contributed by atoms with van der Waals surface area (Å²) in [6, 6.07) is 8.71. The van der Waals surface area contributed by atoms with Gasteiger partial charge in [0.1, 0.15) is 18.0 Å². The van der Waals surface area contributed by atoms with Gasteiger partial charge in [-0.15, -0.1) is 0 Å². The lowest BCUT2D eigenvalue weighted by molar-refractivity contribution is -0.0889. The van der Waals surface area contributed by atoms with E-state index in [1.54, 1.807) is 7.11 Å². The summed E-state index contributed by atoms with van der Waals surface area (Å²) in [6.45, 7) is 5.38. The van der Waals surface area contributed by atoms with E-state index in [-0.39, 0.29) is 12.2 Å². The van der Waals surface area contributed by atoms with Gasteiger partial charge in [0.05, 0.1) is 0 Å². The van der Waals surface area contributed by atoms with Gasteiger partial charge in [-0.3, -0.25) is 0 Å². The first-order valence-corrected chi connectivity index (χ1v) is 7.30. The Labute approximate surface area is 116 Å². The van der Waals surface area contributed by atoms with E-state index < -0.39 is 0 Å². The Morgan fingerprint density at radius 2 is 2.05 bits per heavy atom. The summed E-state index contributed by atoms with van der Waals surface area (Å²) in [7, 11) is 1.77. The van der Waals surface area contributed by atoms with E-state index in [1.165, 1.54) is 5.56 Å². The fraction of sp³-hybridized carbons (Fsp3) is 0.625. The number of hydrogen-bond donors (Lipinski definition) is 1. The van der Waals surface area contributed by atoms with Crippen molar-refractivity contribution in [2.45, 2.75) is 51.4 Å². The maximum atomic E-state index is 6.12. The first-order chi connectivity index (χ1) is 9.30. The maximum Gasteiger partial charge on any atom is 0.128 e. The topological polar surface area (TPSA) is 30.5 Å². The summed E-state index contributed by atoms with van der Waals surface area (Å²) in [4.78, 5) is 0. The molecule has 1 saturated carbocycles. The Balaban J connectivity index is 1.93. The zero-order valence-electron chi connectivity index (χ0n) is 12.2. The highest BCUT2D eigenvalue weighted by atomic mass is 16.5. The second kappa shape index (κ2) is 6.92. The van der Waals surface area contributed by atoms with E-state index in [0.717, 1.165) is 31.6 Å². The average molecular weight is 263 g/mol. The molecule has 3 nitrogen and oxygen atoms in total. The summed E-state index contributed by atoms with van der Waals surface area (Å²) in [5.74, 6) is 1.01. The quantitative estimate of drug-likeness (QED) is 0.820. The van der Waals surface area contributed by atoms with Crippen LogP contribution in [0.2, 0.25) is 0 Å². The Bertz CT molecular complexity index is 394. The molecule has 2 rings (SSSR count). The monoisotopic (exact) mass is 263 g/mol. The summed E-state index contributed by atoms with van der Waals surface area (Å²) in [6.07, 6.45) is 3.51. The van der Waals surface area contributed by atoms with Crippen molar-refractivity contribution in [2.24, 2.45) is 0 Å². The molecule has 1 N–H and O–H groups in total. The predicted octanol–water partition coefficient (Wildman–Crippen LogP) is 2.78. The van der Waals surface area contributed by atoms with Crippen LogP contribution >= 0.6 is 0 Å². The van der Waals surface area contributed by atoms with Gasteiger partial charge in [-0.05, 0) is 31.0 Å². The SMILES string of the molecule is CCCNC1CC(Oc2ccccc2CC)C1OC. The third kappa shape index (κ3) is 3.28. The number of aryl methyl sites for hydroxylation is 1. The zero-order valence-corrected chi connectivity index (χ0v) is 12.2. The van der Waals surface area contributed by atoms with Crippen LogP contribution in [0.25, 0.3) is 0 Å². The molecule has 0 heterocycles. The van der Waals surface area contributed by atoms with Crippen LogP contribution in [-0.4, -0.2) is 31.9 Å². The highest BCUT2D eigenvalue weighted by molar-refractivity contribution is 5.33. The van der Waals surface area contributed by atoms with E-state index in [0.29, 0.717) is 6.04 Å². The third-order valence-corrected chi connectivity index (χ3v) is 3.81. The molecule has 0 aromatic heterocycles. The van der Waals surface area contributed by atoms with Crippen molar-refractivity contribution in [1.82, 2.24) is 5.32 Å². The summed E-state index contributed by atoms with van der Waals surface area (Å²) < 4.78 is 11.7.